The molecule has 1 aliphatic rings. The van der Waals surface area contributed by atoms with Gasteiger partial charge >= 0.3 is 0 Å². The monoisotopic (exact) mass is 720 g/mol. The summed E-state index contributed by atoms with van der Waals surface area (Å²) in [5.41, 5.74) is -0.567. The van der Waals surface area contributed by atoms with Crippen LogP contribution in [0.4, 0.5) is 5.69 Å². The van der Waals surface area contributed by atoms with E-state index in [0.717, 1.165) is 11.9 Å². The second-order valence-corrected chi connectivity index (χ2v) is 13.3. The number of benzene rings is 2. The molecule has 2 heterocycles. The quantitative estimate of drug-likeness (QED) is 0.0397. The van der Waals surface area contributed by atoms with Crippen LogP contribution in [-0.2, 0) is 39.2 Å². The number of Topliss-reactive ketones (excluding diaryl/α,β-unsaturated/α-hetero) is 2. The molecule has 0 spiro atoms. The third kappa shape index (κ3) is 7.67. The number of amides is 1. The molecule has 0 unspecified atom stereocenters. The van der Waals surface area contributed by atoms with E-state index in [0.29, 0.717) is 51.1 Å². The van der Waals surface area contributed by atoms with E-state index in [4.69, 9.17) is 5.26 Å². The number of aromatic nitrogens is 2. The van der Waals surface area contributed by atoms with E-state index in [9.17, 15) is 45.4 Å². The molecule has 252 valence electrons. The number of allylic oxidation sites excluding steroid dienone is 4. The topological polar surface area (TPSA) is 252 Å². The summed E-state index contributed by atoms with van der Waals surface area (Å²) in [5.74, 6) is -2.67. The van der Waals surface area contributed by atoms with Crippen molar-refractivity contribution in [3.63, 3.8) is 0 Å². The number of hydrogen-bond donors (Lipinski definition) is 4. The molecule has 1 aliphatic heterocycles. The van der Waals surface area contributed by atoms with Crippen LogP contribution < -0.4 is 5.01 Å². The molecule has 4 rings (SSSR count). The Balaban J connectivity index is 1.69. The molecular weight excluding hydrogens is 697 g/mol. The molecule has 0 atom stereocenters. The molecule has 0 saturated carbocycles. The summed E-state index contributed by atoms with van der Waals surface area (Å²) in [7, 11) is -9.88. The van der Waals surface area contributed by atoms with Crippen molar-refractivity contribution in [3.8, 4) is 11.6 Å². The van der Waals surface area contributed by atoms with Crippen molar-refractivity contribution in [2.45, 2.75) is 35.5 Å². The van der Waals surface area contributed by atoms with Gasteiger partial charge in [-0.3, -0.25) is 23.5 Å². The Kier molecular flexibility index (Phi) is 10.6. The molecule has 0 fully saturated rings. The molecule has 2 aromatic carbocycles. The van der Waals surface area contributed by atoms with Crippen LogP contribution in [0.1, 0.15) is 35.5 Å². The highest BCUT2D eigenvalue weighted by Crippen LogP contribution is 2.33. The highest BCUT2D eigenvalue weighted by molar-refractivity contribution is 7.94. The number of hydrogen-bond acceptors (Lipinski definition) is 14. The minimum atomic E-state index is -5.02. The first-order valence-corrected chi connectivity index (χ1v) is 16.7. The van der Waals surface area contributed by atoms with Crippen LogP contribution in [-0.4, -0.2) is 69.3 Å². The lowest BCUT2D eigenvalue weighted by Gasteiger charge is -2.15. The van der Waals surface area contributed by atoms with Gasteiger partial charge in [-0.1, -0.05) is 29.3 Å². The lowest BCUT2D eigenvalue weighted by Crippen LogP contribution is -2.22. The highest BCUT2D eigenvalue weighted by atomic mass is 32.2. The van der Waals surface area contributed by atoms with Crippen LogP contribution >= 0.6 is 12.0 Å². The summed E-state index contributed by atoms with van der Waals surface area (Å²) in [6, 6.07) is 6.80. The van der Waals surface area contributed by atoms with Crippen molar-refractivity contribution in [1.29, 1.82) is 0 Å². The number of hydrazone groups is 1. The minimum absolute atomic E-state index is 0.0592. The minimum Gasteiger partial charge on any atom is -0.493 e. The van der Waals surface area contributed by atoms with E-state index < -0.39 is 59.1 Å². The van der Waals surface area contributed by atoms with Gasteiger partial charge in [0, 0.05) is 18.7 Å². The Morgan fingerprint density at radius 2 is 1.65 bits per heavy atom. The van der Waals surface area contributed by atoms with E-state index in [-0.39, 0.29) is 22.5 Å². The van der Waals surface area contributed by atoms with Crippen molar-refractivity contribution in [3.05, 3.63) is 83.1 Å². The number of anilines is 1. The Morgan fingerprint density at radius 1 is 0.938 bits per heavy atom. The Bertz CT molecular complexity index is 2180. The van der Waals surface area contributed by atoms with E-state index in [1.807, 2.05) is 0 Å². The normalized spacial score (nSPS) is 14.9. The van der Waals surface area contributed by atoms with E-state index in [1.54, 1.807) is 19.1 Å². The van der Waals surface area contributed by atoms with Crippen LogP contribution in [0.5, 0.6) is 5.88 Å². The fraction of sp³-hybridized carbons (Fsp3) is 0.107. The SMILES string of the molecule is CC(=O)C1=NN(c2cc(SOOO)ccc2C)C(=O)C1=C/C=C/C=C/c1c(C(C)=O)nn(-c2cc(S(=O)(=O)O)ccc2S(=O)(=O)O)c1O. The predicted molar refractivity (Wildman–Crippen MR) is 169 cm³/mol. The predicted octanol–water partition coefficient (Wildman–Crippen LogP) is 3.50. The van der Waals surface area contributed by atoms with Gasteiger partial charge in [0.2, 0.25) is 5.88 Å². The van der Waals surface area contributed by atoms with Gasteiger partial charge in [-0.15, -0.1) is 4.33 Å². The summed E-state index contributed by atoms with van der Waals surface area (Å²) in [6.45, 7) is 4.02. The molecule has 0 aliphatic carbocycles. The fourth-order valence-corrected chi connectivity index (χ4v) is 5.87. The van der Waals surface area contributed by atoms with Gasteiger partial charge in [0.15, 0.2) is 11.6 Å². The van der Waals surface area contributed by atoms with Crippen LogP contribution in [0.3, 0.4) is 0 Å². The average Bonchev–Trinajstić information content (AvgIpc) is 3.51. The summed E-state index contributed by atoms with van der Waals surface area (Å²) in [6.07, 6.45) is 6.52. The number of carbonyl (C=O) groups excluding carboxylic acids is 3. The zero-order valence-electron chi connectivity index (χ0n) is 24.8. The zero-order chi connectivity index (χ0) is 35.6. The highest BCUT2D eigenvalue weighted by Gasteiger charge is 2.34. The Labute approximate surface area is 276 Å². The molecule has 0 saturated heterocycles. The lowest BCUT2D eigenvalue weighted by atomic mass is 10.1. The molecule has 0 bridgehead atoms. The van der Waals surface area contributed by atoms with Crippen molar-refractivity contribution >= 4 is 67.2 Å². The van der Waals surface area contributed by atoms with Gasteiger partial charge in [-0.05, 0) is 55.0 Å². The lowest BCUT2D eigenvalue weighted by molar-refractivity contribution is -0.432. The number of carbonyl (C=O) groups is 3. The molecule has 1 amide bonds. The maximum Gasteiger partial charge on any atom is 0.296 e. The summed E-state index contributed by atoms with van der Waals surface area (Å²) in [4.78, 5) is 36.8. The van der Waals surface area contributed by atoms with Gasteiger partial charge < -0.3 is 5.11 Å². The zero-order valence-corrected chi connectivity index (χ0v) is 27.3. The molecule has 48 heavy (non-hydrogen) atoms. The molecule has 3 aromatic rings. The first kappa shape index (κ1) is 36.0. The Morgan fingerprint density at radius 3 is 2.25 bits per heavy atom. The molecule has 4 N–H and O–H groups in total. The number of nitrogens with zero attached hydrogens (tertiary/aromatic N) is 4. The van der Waals surface area contributed by atoms with Crippen molar-refractivity contribution < 1.29 is 60.1 Å². The number of aryl methyl sites for hydroxylation is 1. The maximum atomic E-state index is 13.3. The summed E-state index contributed by atoms with van der Waals surface area (Å²) < 4.78 is 71.4. The third-order valence-corrected chi connectivity index (χ3v) is 8.82. The molecule has 0 radical (unpaired) electrons. The van der Waals surface area contributed by atoms with E-state index in [2.05, 4.69) is 19.6 Å². The van der Waals surface area contributed by atoms with Crippen molar-refractivity contribution in [2.24, 2.45) is 5.10 Å². The standard InChI is InChI=1S/C28H24N4O13S3/c1-15-9-10-18(46-45-44-37)13-22(15)31-27(35)20(25(29-31)16(2)33)7-5-4-6-8-21-26(17(3)34)30-32(28(21)36)23-14-19(47(38,39)40)11-12-24(23)48(41,42)43/h4-14,36-37H,1-3H3,(H,38,39,40)(H,41,42,43)/b5-4+,8-6+,20-7?. The third-order valence-electron chi connectivity index (χ3n) is 6.49. The van der Waals surface area contributed by atoms with Gasteiger partial charge in [-0.2, -0.15) is 36.7 Å². The summed E-state index contributed by atoms with van der Waals surface area (Å²) in [5, 5.41) is 32.0. The van der Waals surface area contributed by atoms with Crippen LogP contribution in [0.25, 0.3) is 11.8 Å². The first-order valence-electron chi connectivity index (χ1n) is 13.1. The molecule has 17 nitrogen and oxygen atoms in total. The number of ketones is 2. The fourth-order valence-electron chi connectivity index (χ4n) is 4.32. The Hall–Kier alpha value is -4.80. The van der Waals surface area contributed by atoms with Crippen molar-refractivity contribution in [1.82, 2.24) is 9.78 Å². The van der Waals surface area contributed by atoms with Crippen LogP contribution in [0.15, 0.2) is 86.1 Å². The van der Waals surface area contributed by atoms with Gasteiger partial charge in [0.05, 0.1) is 39.4 Å². The van der Waals surface area contributed by atoms with Gasteiger partial charge in [0.1, 0.15) is 16.3 Å². The first-order chi connectivity index (χ1) is 22.4. The maximum absolute atomic E-state index is 13.3. The van der Waals surface area contributed by atoms with Crippen LogP contribution in [0, 0.1) is 6.92 Å². The second-order valence-electron chi connectivity index (χ2n) is 9.75. The molecule has 1 aromatic heterocycles. The smallest absolute Gasteiger partial charge is 0.296 e. The van der Waals surface area contributed by atoms with E-state index in [1.165, 1.54) is 43.4 Å². The average molecular weight is 721 g/mol. The van der Waals surface area contributed by atoms with Crippen molar-refractivity contribution in [2.75, 3.05) is 5.01 Å². The number of aromatic hydroxyl groups is 1. The van der Waals surface area contributed by atoms with Gasteiger partial charge in [-0.25, -0.2) is 5.26 Å². The molecule has 20 heteroatoms. The van der Waals surface area contributed by atoms with E-state index >= 15 is 0 Å². The number of rotatable bonds is 12. The largest absolute Gasteiger partial charge is 0.493 e. The second kappa shape index (κ2) is 14.1. The van der Waals surface area contributed by atoms with Gasteiger partial charge in [0.25, 0.3) is 26.1 Å². The summed E-state index contributed by atoms with van der Waals surface area (Å²) >= 11 is 0.660. The van der Waals surface area contributed by atoms with Crippen LogP contribution in [0.2, 0.25) is 0 Å². The molecular formula is C28H24N4O13S3.